The van der Waals surface area contributed by atoms with Crippen molar-refractivity contribution in [3.8, 4) is 23.0 Å². The van der Waals surface area contributed by atoms with Crippen molar-refractivity contribution in [2.45, 2.75) is 52.5 Å². The van der Waals surface area contributed by atoms with Gasteiger partial charge in [-0.3, -0.25) is 0 Å². The number of rotatable bonds is 7. The fourth-order valence-corrected chi connectivity index (χ4v) is 4.88. The molecule has 0 aliphatic carbocycles. The van der Waals surface area contributed by atoms with Crippen LogP contribution in [0.2, 0.25) is 0 Å². The Morgan fingerprint density at radius 1 is 0.840 bits per heavy atom. The van der Waals surface area contributed by atoms with Crippen molar-refractivity contribution in [2.24, 2.45) is 41.9 Å². The summed E-state index contributed by atoms with van der Waals surface area (Å²) in [5, 5.41) is 21.8. The molecule has 13 nitrogen and oxygen atoms in total. The van der Waals surface area contributed by atoms with E-state index in [0.717, 1.165) is 33.3 Å². The molecule has 0 N–H and O–H groups in total. The Hall–Kier alpha value is -4.60. The molecule has 264 valence electrons. The number of fused-ring (bicyclic) bond motifs is 3. The van der Waals surface area contributed by atoms with Gasteiger partial charge in [-0.1, -0.05) is 50.2 Å². The topological polar surface area (TPSA) is 139 Å². The van der Waals surface area contributed by atoms with Crippen LogP contribution in [0.15, 0.2) is 120 Å². The van der Waals surface area contributed by atoms with E-state index in [1.165, 1.54) is 5.56 Å². The summed E-state index contributed by atoms with van der Waals surface area (Å²) in [6, 6.07) is 29.4. The molecule has 0 saturated carbocycles. The largest absolute Gasteiger partial charge is 0.510 e. The number of hydrogen-bond donors (Lipinski definition) is 0. The van der Waals surface area contributed by atoms with Gasteiger partial charge in [0.25, 0.3) is 0 Å². The summed E-state index contributed by atoms with van der Waals surface area (Å²) in [7, 11) is 1.94. The first-order valence-electron chi connectivity index (χ1n) is 15.2. The number of aromatic nitrogens is 4. The van der Waals surface area contributed by atoms with Crippen LogP contribution in [-0.4, -0.2) is 19.7 Å². The molecule has 15 heteroatoms. The van der Waals surface area contributed by atoms with Gasteiger partial charge in [-0.15, -0.1) is 29.7 Å². The molecule has 0 bridgehead atoms. The zero-order valence-electron chi connectivity index (χ0n) is 28.5. The fourth-order valence-electron chi connectivity index (χ4n) is 4.70. The number of benzene rings is 3. The van der Waals surface area contributed by atoms with Crippen molar-refractivity contribution in [1.29, 1.82) is 0 Å². The zero-order valence-corrected chi connectivity index (χ0v) is 33.0. The first-order chi connectivity index (χ1) is 23.4. The fraction of sp³-hybridized carbons (Fsp3) is 0.257. The van der Waals surface area contributed by atoms with Crippen LogP contribution in [0.3, 0.4) is 0 Å². The quantitative estimate of drug-likeness (QED) is 0.0684. The van der Waals surface area contributed by atoms with Gasteiger partial charge in [0.1, 0.15) is 5.82 Å². The summed E-state index contributed by atoms with van der Waals surface area (Å²) < 4.78 is 25.1. The standard InChI is InChI=1S/C31H26N4O.C4H9N7.O.2Pt/c1-31(2,3)22-14-15-32-30(18-22)35-28-11-6-5-10-26(28)27-13-12-25(20-29(27)35)36-24-9-7-8-23(19-24)34-17-16-33(4)21-34;1-4(2,3)6-8-10-11-9-7-5;;;/h5-18H,1-4H3;1-3H3;;;/q-2;;;;/b;8-6?,9-7+,11-10+;;;. The van der Waals surface area contributed by atoms with Crippen molar-refractivity contribution in [3.63, 3.8) is 0 Å². The summed E-state index contributed by atoms with van der Waals surface area (Å²) in [5.41, 5.74) is 3.82. The molecule has 0 fully saturated rings. The van der Waals surface area contributed by atoms with Gasteiger partial charge in [-0.05, 0) is 34.6 Å². The number of aryl methyl sites for hydroxylation is 1. The molecular formula is C35H35N11O2Pt2-2. The molecule has 0 amide bonds. The molecule has 6 aromatic rings. The number of nitrogens with zero attached hydrogens (tertiary/aromatic N) is 11. The van der Waals surface area contributed by atoms with E-state index in [1.807, 2.05) is 79.8 Å². The monoisotopic (exact) mass is 1030 g/mol. The molecule has 3 aromatic carbocycles. The molecule has 3 heterocycles. The number of hydrogen-bond acceptors (Lipinski definition) is 5. The third kappa shape index (κ3) is 9.98. The van der Waals surface area contributed by atoms with E-state index in [4.69, 9.17) is 9.72 Å². The third-order valence-corrected chi connectivity index (χ3v) is 7.28. The zero-order chi connectivity index (χ0) is 35.0. The van der Waals surface area contributed by atoms with Gasteiger partial charge in [0.2, 0.25) is 6.33 Å². The molecule has 6 rings (SSSR count). The summed E-state index contributed by atoms with van der Waals surface area (Å²) in [6.07, 6.45) is 8.95. The molecule has 0 aliphatic heterocycles. The summed E-state index contributed by atoms with van der Waals surface area (Å²) in [4.78, 5) is 4.74. The SMILES string of the molecule is CC(C)(C)N=N/N=N/N=N/[N]=[Pt]=[O].C[n+]1[c-]n(-c2[c-]c(Oc3[c-]c4c(cc3)c3ccccc3n4-c3cc(C(C)(C)C)ccn3)ccc2)cc1.[Pt]. The van der Waals surface area contributed by atoms with Crippen LogP contribution in [0, 0.1) is 18.5 Å². The van der Waals surface area contributed by atoms with Crippen LogP contribution < -0.4 is 9.30 Å². The Kier molecular flexibility index (Phi) is 12.9. The van der Waals surface area contributed by atoms with Crippen LogP contribution in [0.1, 0.15) is 47.1 Å². The van der Waals surface area contributed by atoms with E-state index in [1.54, 1.807) is 0 Å². The number of ether oxygens (including phenoxy) is 1. The van der Waals surface area contributed by atoms with Crippen molar-refractivity contribution in [2.75, 3.05) is 0 Å². The average Bonchev–Trinajstić information content (AvgIpc) is 3.65. The first kappa shape index (κ1) is 38.2. The van der Waals surface area contributed by atoms with Gasteiger partial charge in [0.15, 0.2) is 0 Å². The number of pyridine rings is 1. The molecule has 0 radical (unpaired) electrons. The summed E-state index contributed by atoms with van der Waals surface area (Å²) >= 11 is -1.49. The van der Waals surface area contributed by atoms with Crippen molar-refractivity contribution >= 4 is 21.8 Å². The maximum atomic E-state index is 9.83. The Balaban J connectivity index is 0.000000345. The second-order valence-corrected chi connectivity index (χ2v) is 13.7. The van der Waals surface area contributed by atoms with E-state index in [0.29, 0.717) is 11.5 Å². The van der Waals surface area contributed by atoms with Gasteiger partial charge in [-0.25, -0.2) is 4.98 Å². The molecule has 3 aromatic heterocycles. The first-order valence-corrected chi connectivity index (χ1v) is 17.1. The van der Waals surface area contributed by atoms with Crippen LogP contribution >= 0.6 is 0 Å². The smallest absolute Gasteiger partial charge is 0.241 e. The Morgan fingerprint density at radius 2 is 1.58 bits per heavy atom. The normalized spacial score (nSPS) is 12.1. The van der Waals surface area contributed by atoms with Crippen LogP contribution in [0.25, 0.3) is 33.3 Å². The van der Waals surface area contributed by atoms with Crippen molar-refractivity contribution in [3.05, 3.63) is 109 Å². The van der Waals surface area contributed by atoms with Crippen LogP contribution in [-0.2, 0) is 55.3 Å². The molecule has 0 aliphatic rings. The van der Waals surface area contributed by atoms with E-state index >= 15 is 0 Å². The predicted octanol–water partition coefficient (Wildman–Crippen LogP) is 8.78. The maximum Gasteiger partial charge on any atom is 0.241 e. The number of imidazole rings is 1. The van der Waals surface area contributed by atoms with E-state index < -0.39 is 18.3 Å². The van der Waals surface area contributed by atoms with Crippen molar-refractivity contribution in [1.82, 2.24) is 14.1 Å². The Labute approximate surface area is 313 Å². The molecule has 0 spiro atoms. The van der Waals surface area contributed by atoms with E-state index in [2.05, 4.69) is 121 Å². The van der Waals surface area contributed by atoms with Gasteiger partial charge in [0.05, 0.1) is 7.05 Å². The minimum absolute atomic E-state index is 0. The van der Waals surface area contributed by atoms with Gasteiger partial charge < -0.3 is 18.4 Å². The predicted molar refractivity (Wildman–Crippen MR) is 178 cm³/mol. The minimum atomic E-state index is -1.49. The van der Waals surface area contributed by atoms with E-state index in [-0.39, 0.29) is 32.0 Å². The Morgan fingerprint density at radius 3 is 2.30 bits per heavy atom. The van der Waals surface area contributed by atoms with Gasteiger partial charge in [0, 0.05) is 56.7 Å². The second kappa shape index (κ2) is 16.9. The average molecular weight is 1030 g/mol. The van der Waals surface area contributed by atoms with Gasteiger partial charge in [-0.2, -0.15) is 18.2 Å². The molecule has 0 unspecified atom stereocenters. The minimum Gasteiger partial charge on any atom is -0.510 e. The van der Waals surface area contributed by atoms with Gasteiger partial charge >= 0.3 is 82.9 Å². The molecular weight excluding hydrogens is 997 g/mol. The maximum absolute atomic E-state index is 9.83. The van der Waals surface area contributed by atoms with E-state index in [9.17, 15) is 3.40 Å². The summed E-state index contributed by atoms with van der Waals surface area (Å²) in [5.74, 6) is 2.10. The summed E-state index contributed by atoms with van der Waals surface area (Å²) in [6.45, 7) is 12.2. The molecule has 0 atom stereocenters. The second-order valence-electron chi connectivity index (χ2n) is 12.8. The molecule has 0 saturated heterocycles. The van der Waals surface area contributed by atoms with Crippen molar-refractivity contribution < 1.29 is 52.1 Å². The molecule has 50 heavy (non-hydrogen) atoms. The third-order valence-electron chi connectivity index (χ3n) is 6.89. The van der Waals surface area contributed by atoms with Crippen LogP contribution in [0.4, 0.5) is 0 Å². The Bertz CT molecular complexity index is 2220. The number of para-hydroxylation sites is 1. The van der Waals surface area contributed by atoms with Crippen LogP contribution in [0.5, 0.6) is 11.5 Å².